The second-order valence-corrected chi connectivity index (χ2v) is 9.09. The van der Waals surface area contributed by atoms with Crippen LogP contribution in [0.3, 0.4) is 0 Å². The van der Waals surface area contributed by atoms with Crippen molar-refractivity contribution >= 4 is 34.3 Å². The molecule has 1 aromatic heterocycles. The summed E-state index contributed by atoms with van der Waals surface area (Å²) in [7, 11) is 1.63. The van der Waals surface area contributed by atoms with Crippen LogP contribution in [0.5, 0.6) is 5.75 Å². The van der Waals surface area contributed by atoms with E-state index in [1.165, 1.54) is 16.3 Å². The van der Waals surface area contributed by atoms with Crippen molar-refractivity contribution in [3.05, 3.63) is 88.3 Å². The molecule has 30 heavy (non-hydrogen) atoms. The monoisotopic (exact) mass is 432 g/mol. The number of hydrogen-bond acceptors (Lipinski definition) is 5. The number of methoxy groups -OCH3 is 1. The predicted octanol–water partition coefficient (Wildman–Crippen LogP) is 5.33. The van der Waals surface area contributed by atoms with Gasteiger partial charge in [-0.05, 0) is 28.5 Å². The minimum absolute atomic E-state index is 0.0103. The van der Waals surface area contributed by atoms with Crippen molar-refractivity contribution in [1.29, 1.82) is 0 Å². The Labute approximate surface area is 183 Å². The normalized spacial score (nSPS) is 12.8. The highest BCUT2D eigenvalue weighted by Gasteiger charge is 2.23. The van der Waals surface area contributed by atoms with Crippen molar-refractivity contribution in [2.45, 2.75) is 22.2 Å². The van der Waals surface area contributed by atoms with Crippen LogP contribution in [0.15, 0.2) is 81.6 Å². The van der Waals surface area contributed by atoms with Gasteiger partial charge in [0.25, 0.3) is 5.56 Å². The van der Waals surface area contributed by atoms with Crippen LogP contribution in [0.4, 0.5) is 0 Å². The zero-order chi connectivity index (χ0) is 20.5. The molecule has 150 valence electrons. The summed E-state index contributed by atoms with van der Waals surface area (Å²) >= 11 is 3.21. The van der Waals surface area contributed by atoms with E-state index in [1.54, 1.807) is 35.2 Å². The van der Waals surface area contributed by atoms with Gasteiger partial charge >= 0.3 is 0 Å². The number of hydrogen-bond donors (Lipinski definition) is 0. The first-order valence-electron chi connectivity index (χ1n) is 9.77. The highest BCUT2D eigenvalue weighted by atomic mass is 32.2. The standard InChI is InChI=1S/C24H20N2O2S2/c1-28-19-10-5-9-18(14-19)26-23(27)22-21(12-13-29-22)25-24(26)30-15-17-8-4-7-16-6-2-3-11-20(16)17/h2-11,14H,12-13,15H2,1H3. The van der Waals surface area contributed by atoms with Gasteiger partial charge < -0.3 is 4.74 Å². The Bertz CT molecular complexity index is 1290. The van der Waals surface area contributed by atoms with Crippen molar-refractivity contribution in [3.8, 4) is 11.4 Å². The fourth-order valence-corrected chi connectivity index (χ4v) is 5.78. The summed E-state index contributed by atoms with van der Waals surface area (Å²) in [6.07, 6.45) is 0.843. The molecule has 4 aromatic rings. The van der Waals surface area contributed by atoms with Gasteiger partial charge in [-0.25, -0.2) is 4.98 Å². The molecule has 1 aliphatic rings. The molecule has 0 bridgehead atoms. The first-order chi connectivity index (χ1) is 14.7. The zero-order valence-corrected chi connectivity index (χ0v) is 18.1. The molecular weight excluding hydrogens is 412 g/mol. The Morgan fingerprint density at radius 2 is 1.93 bits per heavy atom. The Kier molecular flexibility index (Phi) is 5.27. The topological polar surface area (TPSA) is 44.1 Å². The second kappa shape index (κ2) is 8.20. The van der Waals surface area contributed by atoms with Crippen LogP contribution in [0.25, 0.3) is 16.5 Å². The van der Waals surface area contributed by atoms with Crippen LogP contribution in [-0.4, -0.2) is 22.4 Å². The first kappa shape index (κ1) is 19.3. The van der Waals surface area contributed by atoms with Crippen LogP contribution in [0, 0.1) is 0 Å². The third kappa shape index (κ3) is 3.50. The number of aromatic nitrogens is 2. The van der Waals surface area contributed by atoms with Crippen LogP contribution in [0.1, 0.15) is 11.3 Å². The molecule has 0 saturated carbocycles. The summed E-state index contributed by atoms with van der Waals surface area (Å²) in [4.78, 5) is 19.0. The van der Waals surface area contributed by atoms with E-state index in [2.05, 4.69) is 42.5 Å². The van der Waals surface area contributed by atoms with Gasteiger partial charge in [-0.1, -0.05) is 60.3 Å². The van der Waals surface area contributed by atoms with Gasteiger partial charge in [-0.15, -0.1) is 11.8 Å². The molecule has 0 unspecified atom stereocenters. The lowest BCUT2D eigenvalue weighted by Gasteiger charge is -2.15. The Morgan fingerprint density at radius 3 is 2.83 bits per heavy atom. The van der Waals surface area contributed by atoms with Gasteiger partial charge in [0.15, 0.2) is 5.16 Å². The van der Waals surface area contributed by atoms with E-state index in [1.807, 2.05) is 24.3 Å². The smallest absolute Gasteiger partial charge is 0.272 e. The maximum atomic E-state index is 13.4. The molecule has 4 nitrogen and oxygen atoms in total. The third-order valence-corrected chi connectivity index (χ3v) is 7.31. The zero-order valence-electron chi connectivity index (χ0n) is 16.5. The molecule has 0 radical (unpaired) electrons. The summed E-state index contributed by atoms with van der Waals surface area (Å²) in [5.74, 6) is 2.37. The van der Waals surface area contributed by atoms with Crippen molar-refractivity contribution in [1.82, 2.24) is 9.55 Å². The lowest BCUT2D eigenvalue weighted by atomic mass is 10.1. The van der Waals surface area contributed by atoms with Crippen LogP contribution in [-0.2, 0) is 12.2 Å². The summed E-state index contributed by atoms with van der Waals surface area (Å²) in [6, 6.07) is 22.3. The molecule has 3 aromatic carbocycles. The van der Waals surface area contributed by atoms with E-state index in [4.69, 9.17) is 9.72 Å². The highest BCUT2D eigenvalue weighted by Crippen LogP contribution is 2.32. The van der Waals surface area contributed by atoms with Gasteiger partial charge in [0.05, 0.1) is 23.4 Å². The molecule has 0 aliphatic carbocycles. The van der Waals surface area contributed by atoms with Gasteiger partial charge in [0.1, 0.15) is 5.75 Å². The lowest BCUT2D eigenvalue weighted by molar-refractivity contribution is 0.414. The molecule has 0 atom stereocenters. The fourth-order valence-electron chi connectivity index (χ4n) is 3.73. The van der Waals surface area contributed by atoms with Crippen LogP contribution >= 0.6 is 23.5 Å². The summed E-state index contributed by atoms with van der Waals surface area (Å²) in [5.41, 5.74) is 2.95. The highest BCUT2D eigenvalue weighted by molar-refractivity contribution is 7.99. The number of rotatable bonds is 5. The lowest BCUT2D eigenvalue weighted by Crippen LogP contribution is -2.23. The minimum Gasteiger partial charge on any atom is -0.497 e. The summed E-state index contributed by atoms with van der Waals surface area (Å²) < 4.78 is 7.11. The molecule has 0 saturated heterocycles. The molecule has 2 heterocycles. The van der Waals surface area contributed by atoms with Gasteiger partial charge in [-0.2, -0.15) is 0 Å². The first-order valence-corrected chi connectivity index (χ1v) is 11.7. The number of thioether (sulfide) groups is 2. The predicted molar refractivity (Wildman–Crippen MR) is 124 cm³/mol. The largest absolute Gasteiger partial charge is 0.497 e. The SMILES string of the molecule is COc1cccc(-n2c(SCc3cccc4ccccc34)nc3c(c2=O)SCC3)c1. The number of fused-ring (bicyclic) bond motifs is 2. The van der Waals surface area contributed by atoms with Crippen molar-refractivity contribution in [3.63, 3.8) is 0 Å². The Hall–Kier alpha value is -2.70. The molecule has 0 fully saturated rings. The number of benzene rings is 3. The van der Waals surface area contributed by atoms with Crippen molar-refractivity contribution in [2.24, 2.45) is 0 Å². The maximum absolute atomic E-state index is 13.4. The van der Waals surface area contributed by atoms with Gasteiger partial charge in [0.2, 0.25) is 0 Å². The Morgan fingerprint density at radius 1 is 1.10 bits per heavy atom. The average Bonchev–Trinajstić information content (AvgIpc) is 3.27. The molecule has 5 rings (SSSR count). The minimum atomic E-state index is 0.0103. The van der Waals surface area contributed by atoms with Crippen LogP contribution < -0.4 is 10.3 Å². The molecule has 0 N–H and O–H groups in total. The van der Waals surface area contributed by atoms with E-state index < -0.39 is 0 Å². The van der Waals surface area contributed by atoms with Gasteiger partial charge in [-0.3, -0.25) is 9.36 Å². The fraction of sp³-hybridized carbons (Fsp3) is 0.167. The number of aryl methyl sites for hydroxylation is 1. The van der Waals surface area contributed by atoms with E-state index in [9.17, 15) is 4.79 Å². The van der Waals surface area contributed by atoms with Crippen LogP contribution in [0.2, 0.25) is 0 Å². The van der Waals surface area contributed by atoms with E-state index >= 15 is 0 Å². The second-order valence-electron chi connectivity index (χ2n) is 7.04. The summed E-state index contributed by atoms with van der Waals surface area (Å²) in [6.45, 7) is 0. The third-order valence-electron chi connectivity index (χ3n) is 5.21. The molecule has 0 amide bonds. The van der Waals surface area contributed by atoms with Crippen molar-refractivity contribution < 1.29 is 4.74 Å². The van der Waals surface area contributed by atoms with Gasteiger partial charge in [0, 0.05) is 24.0 Å². The van der Waals surface area contributed by atoms with E-state index in [0.29, 0.717) is 0 Å². The Balaban J connectivity index is 1.59. The molecule has 6 heteroatoms. The van der Waals surface area contributed by atoms with E-state index in [0.717, 1.165) is 45.1 Å². The molecular formula is C24H20N2O2S2. The van der Waals surface area contributed by atoms with E-state index in [-0.39, 0.29) is 5.56 Å². The molecule has 0 spiro atoms. The van der Waals surface area contributed by atoms with Crippen molar-refractivity contribution in [2.75, 3.05) is 12.9 Å². The quantitative estimate of drug-likeness (QED) is 0.315. The summed E-state index contributed by atoms with van der Waals surface area (Å²) in [5, 5.41) is 3.18. The average molecular weight is 433 g/mol. The maximum Gasteiger partial charge on any atom is 0.272 e. The molecule has 1 aliphatic heterocycles. The number of nitrogens with zero attached hydrogens (tertiary/aromatic N) is 2. The number of ether oxygens (including phenoxy) is 1.